The van der Waals surface area contributed by atoms with Gasteiger partial charge in [-0.3, -0.25) is 9.59 Å². The SMILES string of the molecule is CC(C)N1CCCC2(CCN(C(=O)C3=Cc4ccccc4OC=C3)C2)C1=O. The number of piperidine rings is 1. The summed E-state index contributed by atoms with van der Waals surface area (Å²) in [5.41, 5.74) is 1.09. The first kappa shape index (κ1) is 17.8. The smallest absolute Gasteiger partial charge is 0.254 e. The molecular weight excluding hydrogens is 340 g/mol. The molecule has 1 unspecified atom stereocenters. The highest BCUT2D eigenvalue weighted by molar-refractivity contribution is 6.01. The van der Waals surface area contributed by atoms with E-state index in [0.29, 0.717) is 18.7 Å². The van der Waals surface area contributed by atoms with Gasteiger partial charge in [0.25, 0.3) is 5.91 Å². The molecule has 0 aromatic heterocycles. The van der Waals surface area contributed by atoms with Gasteiger partial charge < -0.3 is 14.5 Å². The third kappa shape index (κ3) is 3.15. The van der Waals surface area contributed by atoms with E-state index in [2.05, 4.69) is 13.8 Å². The lowest BCUT2D eigenvalue weighted by Gasteiger charge is -2.41. The zero-order chi connectivity index (χ0) is 19.0. The summed E-state index contributed by atoms with van der Waals surface area (Å²) in [6, 6.07) is 7.87. The first-order valence-corrected chi connectivity index (χ1v) is 9.74. The van der Waals surface area contributed by atoms with E-state index in [1.807, 2.05) is 40.1 Å². The van der Waals surface area contributed by atoms with Crippen LogP contribution >= 0.6 is 0 Å². The Morgan fingerprint density at radius 3 is 2.81 bits per heavy atom. The van der Waals surface area contributed by atoms with E-state index in [4.69, 9.17) is 4.74 Å². The predicted molar refractivity (Wildman–Crippen MR) is 104 cm³/mol. The summed E-state index contributed by atoms with van der Waals surface area (Å²) in [6.45, 7) is 6.10. The van der Waals surface area contributed by atoms with E-state index in [1.165, 1.54) is 0 Å². The number of carbonyl (C=O) groups excluding carboxylic acids is 2. The molecular formula is C22H26N2O3. The number of rotatable bonds is 2. The van der Waals surface area contributed by atoms with E-state index in [-0.39, 0.29) is 17.9 Å². The van der Waals surface area contributed by atoms with Gasteiger partial charge in [-0.05, 0) is 51.3 Å². The van der Waals surface area contributed by atoms with Crippen LogP contribution < -0.4 is 4.74 Å². The minimum absolute atomic E-state index is 0.0297. The zero-order valence-corrected chi connectivity index (χ0v) is 16.0. The van der Waals surface area contributed by atoms with Crippen molar-refractivity contribution < 1.29 is 14.3 Å². The molecule has 1 aromatic carbocycles. The van der Waals surface area contributed by atoms with Crippen LogP contribution in [0, 0.1) is 5.41 Å². The lowest BCUT2D eigenvalue weighted by molar-refractivity contribution is -0.147. The van der Waals surface area contributed by atoms with Crippen LogP contribution in [-0.2, 0) is 9.59 Å². The molecule has 0 N–H and O–H groups in total. The van der Waals surface area contributed by atoms with Gasteiger partial charge in [-0.25, -0.2) is 0 Å². The summed E-state index contributed by atoms with van der Waals surface area (Å²) in [4.78, 5) is 30.0. The van der Waals surface area contributed by atoms with Crippen LogP contribution in [0.25, 0.3) is 6.08 Å². The highest BCUT2D eigenvalue weighted by Gasteiger charge is 2.49. The van der Waals surface area contributed by atoms with Crippen LogP contribution in [-0.4, -0.2) is 47.3 Å². The average Bonchev–Trinajstić information content (AvgIpc) is 2.96. The monoisotopic (exact) mass is 366 g/mol. The van der Waals surface area contributed by atoms with Gasteiger partial charge in [0.1, 0.15) is 5.75 Å². The molecule has 2 amide bonds. The van der Waals surface area contributed by atoms with Crippen molar-refractivity contribution in [2.75, 3.05) is 19.6 Å². The summed E-state index contributed by atoms with van der Waals surface area (Å²) < 4.78 is 5.59. The summed E-state index contributed by atoms with van der Waals surface area (Å²) in [5, 5.41) is 0. The Hall–Kier alpha value is -2.56. The van der Waals surface area contributed by atoms with Crippen molar-refractivity contribution >= 4 is 17.9 Å². The van der Waals surface area contributed by atoms with Crippen LogP contribution in [0.1, 0.15) is 38.7 Å². The van der Waals surface area contributed by atoms with Gasteiger partial charge in [-0.15, -0.1) is 0 Å². The van der Waals surface area contributed by atoms with Crippen molar-refractivity contribution in [2.24, 2.45) is 5.41 Å². The molecule has 3 heterocycles. The van der Waals surface area contributed by atoms with E-state index >= 15 is 0 Å². The number of para-hydroxylation sites is 1. The molecule has 3 aliphatic rings. The van der Waals surface area contributed by atoms with Crippen molar-refractivity contribution in [1.82, 2.24) is 9.80 Å². The maximum atomic E-state index is 13.1. The molecule has 27 heavy (non-hydrogen) atoms. The number of hydrogen-bond acceptors (Lipinski definition) is 3. The quantitative estimate of drug-likeness (QED) is 0.807. The summed E-state index contributed by atoms with van der Waals surface area (Å²) in [7, 11) is 0. The second kappa shape index (κ2) is 6.87. The number of ether oxygens (including phenoxy) is 1. The van der Waals surface area contributed by atoms with E-state index in [0.717, 1.165) is 37.1 Å². The molecule has 1 aromatic rings. The third-order valence-electron chi connectivity index (χ3n) is 5.95. The summed E-state index contributed by atoms with van der Waals surface area (Å²) in [6.07, 6.45) is 7.79. The number of fused-ring (bicyclic) bond motifs is 1. The minimum Gasteiger partial charge on any atom is -0.464 e. The predicted octanol–water partition coefficient (Wildman–Crippen LogP) is 3.23. The molecule has 142 valence electrons. The molecule has 5 heteroatoms. The minimum atomic E-state index is -0.401. The van der Waals surface area contributed by atoms with Crippen molar-refractivity contribution in [3.05, 3.63) is 47.7 Å². The first-order chi connectivity index (χ1) is 13.0. The lowest BCUT2D eigenvalue weighted by atomic mass is 9.78. The molecule has 0 aliphatic carbocycles. The normalized spacial score (nSPS) is 24.7. The Balaban J connectivity index is 1.55. The molecule has 2 saturated heterocycles. The van der Waals surface area contributed by atoms with Crippen molar-refractivity contribution in [2.45, 2.75) is 39.2 Å². The Morgan fingerprint density at radius 2 is 2.00 bits per heavy atom. The van der Waals surface area contributed by atoms with E-state index in [9.17, 15) is 9.59 Å². The van der Waals surface area contributed by atoms with E-state index < -0.39 is 5.41 Å². The Bertz CT molecular complexity index is 827. The fraction of sp³-hybridized carbons (Fsp3) is 0.455. The number of nitrogens with zero attached hydrogens (tertiary/aromatic N) is 2. The zero-order valence-electron chi connectivity index (χ0n) is 16.0. The second-order valence-electron chi connectivity index (χ2n) is 8.01. The maximum absolute atomic E-state index is 13.1. The molecule has 2 fully saturated rings. The van der Waals surface area contributed by atoms with Gasteiger partial charge in [0.05, 0.1) is 11.7 Å². The number of amides is 2. The fourth-order valence-electron chi connectivity index (χ4n) is 4.44. The van der Waals surface area contributed by atoms with Gasteiger partial charge >= 0.3 is 0 Å². The standard InChI is InChI=1S/C22H26N2O3/c1-16(2)24-11-5-9-22(21(24)26)10-12-23(15-22)20(25)18-8-13-27-19-7-4-3-6-17(19)14-18/h3-4,6-8,13-14,16H,5,9-12,15H2,1-2H3. The summed E-state index contributed by atoms with van der Waals surface area (Å²) in [5.74, 6) is 0.931. The topological polar surface area (TPSA) is 49.9 Å². The average molecular weight is 366 g/mol. The first-order valence-electron chi connectivity index (χ1n) is 9.74. The van der Waals surface area contributed by atoms with Crippen LogP contribution in [0.4, 0.5) is 0 Å². The third-order valence-corrected chi connectivity index (χ3v) is 5.95. The van der Waals surface area contributed by atoms with Crippen LogP contribution in [0.2, 0.25) is 0 Å². The highest BCUT2D eigenvalue weighted by Crippen LogP contribution is 2.41. The molecule has 0 bridgehead atoms. The van der Waals surface area contributed by atoms with Crippen molar-refractivity contribution in [3.63, 3.8) is 0 Å². The largest absolute Gasteiger partial charge is 0.464 e. The Morgan fingerprint density at radius 1 is 1.19 bits per heavy atom. The van der Waals surface area contributed by atoms with Gasteiger partial charge in [0, 0.05) is 36.8 Å². The fourth-order valence-corrected chi connectivity index (χ4v) is 4.44. The van der Waals surface area contributed by atoms with Crippen LogP contribution in [0.15, 0.2) is 42.2 Å². The van der Waals surface area contributed by atoms with Crippen molar-refractivity contribution in [1.29, 1.82) is 0 Å². The number of likely N-dealkylation sites (tertiary alicyclic amines) is 2. The number of benzene rings is 1. The van der Waals surface area contributed by atoms with Gasteiger partial charge in [0.2, 0.25) is 5.91 Å². The molecule has 5 nitrogen and oxygen atoms in total. The molecule has 0 radical (unpaired) electrons. The Labute approximate surface area is 160 Å². The summed E-state index contributed by atoms with van der Waals surface area (Å²) >= 11 is 0. The van der Waals surface area contributed by atoms with Gasteiger partial charge in [-0.1, -0.05) is 18.2 Å². The second-order valence-corrected chi connectivity index (χ2v) is 8.01. The van der Waals surface area contributed by atoms with E-state index in [1.54, 1.807) is 12.3 Å². The van der Waals surface area contributed by atoms with Gasteiger partial charge in [0.15, 0.2) is 0 Å². The molecule has 1 atom stereocenters. The van der Waals surface area contributed by atoms with Crippen LogP contribution in [0.5, 0.6) is 5.75 Å². The lowest BCUT2D eigenvalue weighted by Crippen LogP contribution is -2.52. The van der Waals surface area contributed by atoms with Crippen LogP contribution in [0.3, 0.4) is 0 Å². The molecule has 3 aliphatic heterocycles. The number of carbonyl (C=O) groups is 2. The maximum Gasteiger partial charge on any atom is 0.254 e. The molecule has 4 rings (SSSR count). The molecule has 0 saturated carbocycles. The van der Waals surface area contributed by atoms with Gasteiger partial charge in [-0.2, -0.15) is 0 Å². The molecule has 1 spiro atoms. The highest BCUT2D eigenvalue weighted by atomic mass is 16.5. The van der Waals surface area contributed by atoms with Crippen molar-refractivity contribution in [3.8, 4) is 5.75 Å². The number of hydrogen-bond donors (Lipinski definition) is 0. The Kier molecular flexibility index (Phi) is 4.54.